The highest BCUT2D eigenvalue weighted by Crippen LogP contribution is 2.33. The largest absolute Gasteiger partial charge is 0.439 e. The van der Waals surface area contributed by atoms with Crippen LogP contribution in [0.4, 0.5) is 29.2 Å². The molecule has 3 aromatic rings. The van der Waals surface area contributed by atoms with Crippen LogP contribution in [-0.2, 0) is 11.0 Å². The molecule has 0 fully saturated rings. The molecule has 0 aliphatic carbocycles. The number of benzene rings is 2. The van der Waals surface area contributed by atoms with E-state index in [2.05, 4.69) is 15.3 Å². The van der Waals surface area contributed by atoms with Crippen LogP contribution in [-0.4, -0.2) is 15.9 Å². The van der Waals surface area contributed by atoms with E-state index in [1.807, 2.05) is 0 Å². The van der Waals surface area contributed by atoms with Gasteiger partial charge in [-0.15, -0.1) is 0 Å². The van der Waals surface area contributed by atoms with E-state index in [4.69, 9.17) is 10.5 Å². The minimum atomic E-state index is -4.87. The summed E-state index contributed by atoms with van der Waals surface area (Å²) in [6, 6.07) is 10.4. The van der Waals surface area contributed by atoms with E-state index < -0.39 is 23.5 Å². The summed E-state index contributed by atoms with van der Waals surface area (Å²) >= 11 is 0. The molecule has 0 unspecified atom stereocenters. The van der Waals surface area contributed by atoms with Crippen LogP contribution in [0.3, 0.4) is 0 Å². The molecule has 0 radical (unpaired) electrons. The minimum absolute atomic E-state index is 0.0506. The number of alkyl halides is 3. The number of aromatic nitrogens is 2. The van der Waals surface area contributed by atoms with Gasteiger partial charge in [-0.05, 0) is 42.0 Å². The van der Waals surface area contributed by atoms with Gasteiger partial charge in [0.25, 0.3) is 0 Å². The van der Waals surface area contributed by atoms with E-state index >= 15 is 0 Å². The molecule has 0 aliphatic rings. The van der Waals surface area contributed by atoms with E-state index in [9.17, 15) is 22.4 Å². The zero-order valence-electron chi connectivity index (χ0n) is 15.2. The fraction of sp³-hybridized carbons (Fsp3) is 0.0500. The summed E-state index contributed by atoms with van der Waals surface area (Å²) in [5.74, 6) is -1.40. The highest BCUT2D eigenvalue weighted by Gasteiger charge is 2.34. The Bertz CT molecular complexity index is 1100. The van der Waals surface area contributed by atoms with Crippen LogP contribution in [0.5, 0.6) is 11.6 Å². The predicted octanol–water partition coefficient (Wildman–Crippen LogP) is 4.66. The summed E-state index contributed by atoms with van der Waals surface area (Å²) in [7, 11) is 0. The van der Waals surface area contributed by atoms with Gasteiger partial charge >= 0.3 is 6.18 Å². The second-order valence-electron chi connectivity index (χ2n) is 5.94. The Labute approximate surface area is 168 Å². The number of carbonyl (C=O) groups is 1. The molecule has 2 aromatic carbocycles. The summed E-state index contributed by atoms with van der Waals surface area (Å²) < 4.78 is 57.1. The molecule has 30 heavy (non-hydrogen) atoms. The zero-order valence-corrected chi connectivity index (χ0v) is 15.2. The van der Waals surface area contributed by atoms with Crippen molar-refractivity contribution in [2.24, 2.45) is 0 Å². The standard InChI is InChI=1S/C20H14F4N4O2/c21-16-6-5-13(11-15(16)20(22,23)24)27-17(29)7-4-12-2-1-3-14(10-12)30-18-8-9-26-19(25)28-18/h1-11H,(H,27,29)(H2,25,26,28)/b7-4+. The van der Waals surface area contributed by atoms with Crippen LogP contribution in [0.1, 0.15) is 11.1 Å². The van der Waals surface area contributed by atoms with E-state index in [1.165, 1.54) is 18.3 Å². The number of carbonyl (C=O) groups excluding carboxylic acids is 1. The molecular weight excluding hydrogens is 404 g/mol. The Kier molecular flexibility index (Phi) is 5.95. The van der Waals surface area contributed by atoms with E-state index in [1.54, 1.807) is 24.3 Å². The Morgan fingerprint density at radius 2 is 1.93 bits per heavy atom. The predicted molar refractivity (Wildman–Crippen MR) is 102 cm³/mol. The SMILES string of the molecule is Nc1nccc(Oc2cccc(/C=C/C(=O)Nc3ccc(F)c(C(F)(F)F)c3)c2)n1. The molecule has 6 nitrogen and oxygen atoms in total. The van der Waals surface area contributed by atoms with Crippen molar-refractivity contribution in [1.29, 1.82) is 0 Å². The molecule has 0 aliphatic heterocycles. The number of ether oxygens (including phenoxy) is 1. The van der Waals surface area contributed by atoms with Gasteiger partial charge in [-0.3, -0.25) is 4.79 Å². The van der Waals surface area contributed by atoms with Crippen molar-refractivity contribution in [3.63, 3.8) is 0 Å². The highest BCUT2D eigenvalue weighted by atomic mass is 19.4. The van der Waals surface area contributed by atoms with E-state index in [0.717, 1.165) is 12.1 Å². The van der Waals surface area contributed by atoms with Crippen LogP contribution in [0.25, 0.3) is 6.08 Å². The quantitative estimate of drug-likeness (QED) is 0.465. The highest BCUT2D eigenvalue weighted by molar-refractivity contribution is 6.02. The fourth-order valence-electron chi connectivity index (χ4n) is 2.39. The third kappa shape index (κ3) is 5.53. The van der Waals surface area contributed by atoms with Gasteiger partial charge in [-0.2, -0.15) is 18.2 Å². The number of anilines is 2. The molecule has 0 atom stereocenters. The molecule has 3 rings (SSSR count). The summed E-state index contributed by atoms with van der Waals surface area (Å²) in [6.45, 7) is 0. The monoisotopic (exact) mass is 418 g/mol. The van der Waals surface area contributed by atoms with Gasteiger partial charge in [0.15, 0.2) is 0 Å². The molecule has 0 saturated carbocycles. The maximum Gasteiger partial charge on any atom is 0.419 e. The molecule has 1 amide bonds. The van der Waals surface area contributed by atoms with Gasteiger partial charge in [0.05, 0.1) is 5.56 Å². The van der Waals surface area contributed by atoms with Gasteiger partial charge < -0.3 is 15.8 Å². The molecule has 0 spiro atoms. The first-order valence-corrected chi connectivity index (χ1v) is 8.43. The number of nitrogens with one attached hydrogen (secondary N) is 1. The van der Waals surface area contributed by atoms with E-state index in [-0.39, 0.29) is 17.5 Å². The smallest absolute Gasteiger partial charge is 0.419 e. The number of nitrogens with two attached hydrogens (primary N) is 1. The zero-order chi connectivity index (χ0) is 21.7. The average Bonchev–Trinajstić information content (AvgIpc) is 2.67. The minimum Gasteiger partial charge on any atom is -0.439 e. The number of hydrogen-bond acceptors (Lipinski definition) is 5. The molecule has 0 bridgehead atoms. The Balaban J connectivity index is 1.68. The van der Waals surface area contributed by atoms with Gasteiger partial charge in [-0.25, -0.2) is 9.37 Å². The lowest BCUT2D eigenvalue weighted by Crippen LogP contribution is -2.12. The summed E-state index contributed by atoms with van der Waals surface area (Å²) in [6.07, 6.45) is -0.871. The second kappa shape index (κ2) is 8.60. The molecule has 0 saturated heterocycles. The van der Waals surface area contributed by atoms with Crippen molar-refractivity contribution < 1.29 is 27.1 Å². The van der Waals surface area contributed by atoms with Crippen molar-refractivity contribution >= 4 is 23.6 Å². The van der Waals surface area contributed by atoms with Crippen LogP contribution in [0, 0.1) is 5.82 Å². The van der Waals surface area contributed by atoms with Gasteiger partial charge in [0.1, 0.15) is 11.6 Å². The van der Waals surface area contributed by atoms with Gasteiger partial charge in [0.2, 0.25) is 17.7 Å². The number of hydrogen-bond donors (Lipinski definition) is 2. The summed E-state index contributed by atoms with van der Waals surface area (Å²) in [5.41, 5.74) is 4.43. The maximum atomic E-state index is 13.3. The number of halogens is 4. The lowest BCUT2D eigenvalue weighted by molar-refractivity contribution is -0.140. The van der Waals surface area contributed by atoms with Crippen molar-refractivity contribution in [3.05, 3.63) is 77.7 Å². The van der Waals surface area contributed by atoms with Gasteiger partial charge in [0, 0.05) is 24.0 Å². The molecule has 1 aromatic heterocycles. The number of rotatable bonds is 5. The van der Waals surface area contributed by atoms with Crippen molar-refractivity contribution in [1.82, 2.24) is 9.97 Å². The lowest BCUT2D eigenvalue weighted by atomic mass is 10.1. The third-order valence-electron chi connectivity index (χ3n) is 3.70. The van der Waals surface area contributed by atoms with Crippen molar-refractivity contribution in [2.45, 2.75) is 6.18 Å². The molecular formula is C20H14F4N4O2. The van der Waals surface area contributed by atoms with Crippen LogP contribution < -0.4 is 15.8 Å². The molecule has 10 heteroatoms. The fourth-order valence-corrected chi connectivity index (χ4v) is 2.39. The normalized spacial score (nSPS) is 11.5. The first-order valence-electron chi connectivity index (χ1n) is 8.43. The maximum absolute atomic E-state index is 13.3. The second-order valence-corrected chi connectivity index (χ2v) is 5.94. The van der Waals surface area contributed by atoms with Crippen molar-refractivity contribution in [2.75, 3.05) is 11.1 Å². The Hall–Kier alpha value is -3.95. The first kappa shape index (κ1) is 20.8. The molecule has 1 heterocycles. The molecule has 3 N–H and O–H groups in total. The Morgan fingerprint density at radius 3 is 2.67 bits per heavy atom. The van der Waals surface area contributed by atoms with Crippen LogP contribution in [0.2, 0.25) is 0 Å². The lowest BCUT2D eigenvalue weighted by Gasteiger charge is -2.10. The van der Waals surface area contributed by atoms with Crippen LogP contribution in [0.15, 0.2) is 60.8 Å². The summed E-state index contributed by atoms with van der Waals surface area (Å²) in [4.78, 5) is 19.7. The van der Waals surface area contributed by atoms with E-state index in [0.29, 0.717) is 23.4 Å². The molecule has 154 valence electrons. The van der Waals surface area contributed by atoms with Crippen molar-refractivity contribution in [3.8, 4) is 11.6 Å². The van der Waals surface area contributed by atoms with Crippen LogP contribution >= 0.6 is 0 Å². The third-order valence-corrected chi connectivity index (χ3v) is 3.70. The average molecular weight is 418 g/mol. The topological polar surface area (TPSA) is 90.1 Å². The van der Waals surface area contributed by atoms with Gasteiger partial charge in [-0.1, -0.05) is 12.1 Å². The number of amides is 1. The number of nitrogens with zero attached hydrogens (tertiary/aromatic N) is 2. The number of nitrogen functional groups attached to an aromatic ring is 1. The first-order chi connectivity index (χ1) is 14.2. The Morgan fingerprint density at radius 1 is 1.13 bits per heavy atom. The summed E-state index contributed by atoms with van der Waals surface area (Å²) in [5, 5.41) is 2.26.